The van der Waals surface area contributed by atoms with Crippen molar-refractivity contribution >= 4 is 23.4 Å². The van der Waals surface area contributed by atoms with Crippen molar-refractivity contribution in [1.82, 2.24) is 20.6 Å². The smallest absolute Gasteiger partial charge is 0.272 e. The summed E-state index contributed by atoms with van der Waals surface area (Å²) in [5.41, 5.74) is 0.0594. The molecule has 8 heteroatoms. The van der Waals surface area contributed by atoms with Crippen LogP contribution in [-0.2, 0) is 11.3 Å². The van der Waals surface area contributed by atoms with Crippen LogP contribution in [0.1, 0.15) is 41.8 Å². The minimum atomic E-state index is -0.521. The third-order valence-corrected chi connectivity index (χ3v) is 3.22. The molecule has 0 saturated heterocycles. The zero-order chi connectivity index (χ0) is 16.8. The molecule has 2 aromatic rings. The minimum Gasteiger partial charge on any atom is -0.467 e. The lowest BCUT2D eigenvalue weighted by molar-refractivity contribution is -0.120. The van der Waals surface area contributed by atoms with Gasteiger partial charge in [0.2, 0.25) is 5.91 Å². The van der Waals surface area contributed by atoms with E-state index in [0.717, 1.165) is 0 Å². The van der Waals surface area contributed by atoms with E-state index in [1.165, 1.54) is 12.5 Å². The Morgan fingerprint density at radius 2 is 2.13 bits per heavy atom. The highest BCUT2D eigenvalue weighted by Gasteiger charge is 2.16. The molecule has 0 aromatic carbocycles. The molecule has 2 aromatic heterocycles. The molecule has 0 aliphatic heterocycles. The number of hydrogen-bond donors (Lipinski definition) is 2. The average Bonchev–Trinajstić information content (AvgIpc) is 3.04. The lowest BCUT2D eigenvalue weighted by Crippen LogP contribution is -2.37. The first-order valence-corrected chi connectivity index (χ1v) is 7.45. The van der Waals surface area contributed by atoms with Gasteiger partial charge in [0.05, 0.1) is 30.6 Å². The number of nitrogens with zero attached hydrogens (tertiary/aromatic N) is 2. The molecule has 0 aliphatic carbocycles. The quantitative estimate of drug-likeness (QED) is 0.839. The number of halogens is 1. The number of carbonyl (C=O) groups excluding carboxylic acids is 2. The van der Waals surface area contributed by atoms with Gasteiger partial charge in [-0.15, -0.1) is 0 Å². The van der Waals surface area contributed by atoms with E-state index in [-0.39, 0.29) is 35.6 Å². The van der Waals surface area contributed by atoms with Crippen molar-refractivity contribution < 1.29 is 14.0 Å². The van der Waals surface area contributed by atoms with Gasteiger partial charge in [0.25, 0.3) is 5.91 Å². The van der Waals surface area contributed by atoms with Crippen LogP contribution in [-0.4, -0.2) is 28.3 Å². The maximum atomic E-state index is 12.1. The number of furan rings is 1. The molecule has 0 atom stereocenters. The number of aromatic nitrogens is 2. The van der Waals surface area contributed by atoms with Gasteiger partial charge in [-0.05, 0) is 12.1 Å². The van der Waals surface area contributed by atoms with E-state index in [2.05, 4.69) is 20.6 Å². The fraction of sp³-hybridized carbons (Fsp3) is 0.333. The molecule has 2 amide bonds. The summed E-state index contributed by atoms with van der Waals surface area (Å²) in [5.74, 6) is 0.346. The first kappa shape index (κ1) is 17.0. The molecule has 2 N–H and O–H groups in total. The lowest BCUT2D eigenvalue weighted by atomic mass is 10.2. The van der Waals surface area contributed by atoms with E-state index in [9.17, 15) is 9.59 Å². The van der Waals surface area contributed by atoms with Crippen LogP contribution in [0.2, 0.25) is 5.02 Å². The third-order valence-electron chi connectivity index (χ3n) is 2.94. The van der Waals surface area contributed by atoms with E-state index in [4.69, 9.17) is 16.0 Å². The summed E-state index contributed by atoms with van der Waals surface area (Å²) in [4.78, 5) is 32.0. The molecule has 0 spiro atoms. The lowest BCUT2D eigenvalue weighted by Gasteiger charge is -2.09. The van der Waals surface area contributed by atoms with Crippen molar-refractivity contribution in [1.29, 1.82) is 0 Å². The molecule has 23 heavy (non-hydrogen) atoms. The average molecular weight is 337 g/mol. The monoisotopic (exact) mass is 336 g/mol. The summed E-state index contributed by atoms with van der Waals surface area (Å²) in [7, 11) is 0. The largest absolute Gasteiger partial charge is 0.467 e. The van der Waals surface area contributed by atoms with Crippen LogP contribution < -0.4 is 10.6 Å². The van der Waals surface area contributed by atoms with Crippen LogP contribution in [0.5, 0.6) is 0 Å². The summed E-state index contributed by atoms with van der Waals surface area (Å²) in [6.45, 7) is 3.89. The highest BCUT2D eigenvalue weighted by molar-refractivity contribution is 6.33. The van der Waals surface area contributed by atoms with Gasteiger partial charge in [-0.3, -0.25) is 9.59 Å². The Kier molecular flexibility index (Phi) is 5.70. The summed E-state index contributed by atoms with van der Waals surface area (Å²) < 4.78 is 5.09. The molecular weight excluding hydrogens is 320 g/mol. The summed E-state index contributed by atoms with van der Waals surface area (Å²) >= 11 is 5.94. The van der Waals surface area contributed by atoms with Crippen molar-refractivity contribution in [2.24, 2.45) is 0 Å². The Morgan fingerprint density at radius 1 is 1.35 bits per heavy atom. The highest BCUT2D eigenvalue weighted by Crippen LogP contribution is 2.16. The van der Waals surface area contributed by atoms with E-state index >= 15 is 0 Å². The summed E-state index contributed by atoms with van der Waals surface area (Å²) in [5, 5.41) is 5.24. The summed E-state index contributed by atoms with van der Waals surface area (Å²) in [6.07, 6.45) is 2.91. The minimum absolute atomic E-state index is 0.0594. The van der Waals surface area contributed by atoms with Crippen molar-refractivity contribution in [3.63, 3.8) is 0 Å². The molecule has 7 nitrogen and oxygen atoms in total. The second-order valence-corrected chi connectivity index (χ2v) is 5.53. The first-order valence-electron chi connectivity index (χ1n) is 7.07. The van der Waals surface area contributed by atoms with Crippen molar-refractivity contribution in [3.05, 3.63) is 46.9 Å². The molecule has 0 unspecified atom stereocenters. The van der Waals surface area contributed by atoms with Gasteiger partial charge in [0.15, 0.2) is 0 Å². The van der Waals surface area contributed by atoms with Gasteiger partial charge >= 0.3 is 0 Å². The SMILES string of the molecule is CC(C)c1ncc(Cl)c(C(=O)NCC(=O)NCc2ccco2)n1. The second kappa shape index (κ2) is 7.73. The molecule has 0 fully saturated rings. The summed E-state index contributed by atoms with van der Waals surface area (Å²) in [6, 6.07) is 3.47. The van der Waals surface area contributed by atoms with Crippen LogP contribution in [0.4, 0.5) is 0 Å². The van der Waals surface area contributed by atoms with Crippen molar-refractivity contribution in [2.45, 2.75) is 26.3 Å². The van der Waals surface area contributed by atoms with Gasteiger partial charge in [-0.25, -0.2) is 9.97 Å². The number of amides is 2. The Morgan fingerprint density at radius 3 is 2.78 bits per heavy atom. The van der Waals surface area contributed by atoms with Crippen LogP contribution in [0.25, 0.3) is 0 Å². The molecular formula is C15H17ClN4O3. The number of rotatable bonds is 6. The standard InChI is InChI=1S/C15H17ClN4O3/c1-9(2)14-18-7-11(16)13(20-14)15(22)19-8-12(21)17-6-10-4-3-5-23-10/h3-5,7,9H,6,8H2,1-2H3,(H,17,21)(H,19,22). The zero-order valence-electron chi connectivity index (χ0n) is 12.8. The Bertz CT molecular complexity index is 686. The Balaban J connectivity index is 1.89. The highest BCUT2D eigenvalue weighted by atomic mass is 35.5. The third kappa shape index (κ3) is 4.79. The van der Waals surface area contributed by atoms with Crippen molar-refractivity contribution in [3.8, 4) is 0 Å². The molecule has 2 rings (SSSR count). The van der Waals surface area contributed by atoms with Gasteiger partial charge in [-0.2, -0.15) is 0 Å². The number of hydrogen-bond acceptors (Lipinski definition) is 5. The van der Waals surface area contributed by atoms with Gasteiger partial charge in [-0.1, -0.05) is 25.4 Å². The normalized spacial score (nSPS) is 10.6. The zero-order valence-corrected chi connectivity index (χ0v) is 13.6. The number of nitrogens with one attached hydrogen (secondary N) is 2. The van der Waals surface area contributed by atoms with Crippen LogP contribution in [0, 0.1) is 0 Å². The Labute approximate surface area is 138 Å². The van der Waals surface area contributed by atoms with E-state index in [1.54, 1.807) is 12.1 Å². The fourth-order valence-corrected chi connectivity index (χ4v) is 1.90. The maximum absolute atomic E-state index is 12.1. The van der Waals surface area contributed by atoms with Gasteiger partial charge in [0.1, 0.15) is 17.3 Å². The fourth-order valence-electron chi connectivity index (χ4n) is 1.72. The van der Waals surface area contributed by atoms with Gasteiger partial charge in [0, 0.05) is 5.92 Å². The van der Waals surface area contributed by atoms with E-state index in [1.807, 2.05) is 13.8 Å². The Hall–Kier alpha value is -2.41. The second-order valence-electron chi connectivity index (χ2n) is 5.12. The molecule has 2 heterocycles. The topological polar surface area (TPSA) is 97.1 Å². The molecule has 0 aliphatic rings. The molecule has 0 radical (unpaired) electrons. The molecule has 122 valence electrons. The molecule has 0 saturated carbocycles. The van der Waals surface area contributed by atoms with Crippen LogP contribution in [0.15, 0.2) is 29.0 Å². The van der Waals surface area contributed by atoms with Crippen molar-refractivity contribution in [2.75, 3.05) is 6.54 Å². The predicted octanol–water partition coefficient (Wildman–Crippen LogP) is 1.89. The van der Waals surface area contributed by atoms with E-state index < -0.39 is 5.91 Å². The van der Waals surface area contributed by atoms with Gasteiger partial charge < -0.3 is 15.1 Å². The first-order chi connectivity index (χ1) is 11.0. The van der Waals surface area contributed by atoms with E-state index in [0.29, 0.717) is 11.6 Å². The number of carbonyl (C=O) groups is 2. The molecule has 0 bridgehead atoms. The van der Waals surface area contributed by atoms with Crippen LogP contribution >= 0.6 is 11.6 Å². The maximum Gasteiger partial charge on any atom is 0.272 e. The van der Waals surface area contributed by atoms with Crippen LogP contribution in [0.3, 0.4) is 0 Å². The predicted molar refractivity (Wildman–Crippen MR) is 84.0 cm³/mol.